The van der Waals surface area contributed by atoms with E-state index < -0.39 is 0 Å². The quantitative estimate of drug-likeness (QED) is 0.721. The van der Waals surface area contributed by atoms with E-state index in [0.717, 1.165) is 28.1 Å². The summed E-state index contributed by atoms with van der Waals surface area (Å²) in [4.78, 5) is 11.8. The lowest BCUT2D eigenvalue weighted by Crippen LogP contribution is -1.89. The van der Waals surface area contributed by atoms with E-state index in [-0.39, 0.29) is 5.57 Å². The lowest BCUT2D eigenvalue weighted by Gasteiger charge is -1.99. The van der Waals surface area contributed by atoms with Gasteiger partial charge in [0.05, 0.1) is 11.0 Å². The third-order valence-electron chi connectivity index (χ3n) is 3.04. The fourth-order valence-electron chi connectivity index (χ4n) is 1.98. The molecule has 0 aliphatic rings. The number of allylic oxidation sites excluding steroid dienone is 1. The Labute approximate surface area is 126 Å². The highest BCUT2D eigenvalue weighted by Gasteiger charge is 2.05. The second kappa shape index (κ2) is 5.78. The first-order valence-corrected chi connectivity index (χ1v) is 6.47. The van der Waals surface area contributed by atoms with E-state index in [1.807, 2.05) is 30.3 Å². The Bertz CT molecular complexity index is 909. The van der Waals surface area contributed by atoms with Gasteiger partial charge in [0.25, 0.3) is 0 Å². The van der Waals surface area contributed by atoms with Crippen molar-refractivity contribution in [1.82, 2.24) is 15.0 Å². The Morgan fingerprint density at radius 3 is 2.82 bits per heavy atom. The van der Waals surface area contributed by atoms with Crippen LogP contribution in [0.2, 0.25) is 0 Å². The highest BCUT2D eigenvalue weighted by Crippen LogP contribution is 2.22. The lowest BCUT2D eigenvalue weighted by molar-refractivity contribution is 1.27. The van der Waals surface area contributed by atoms with Crippen LogP contribution in [-0.2, 0) is 0 Å². The first kappa shape index (κ1) is 13.3. The SMILES string of the molecule is N#CC(C#N)=CNc1ccc2nc(-c3cccnc3)[nH]c2c1. The summed E-state index contributed by atoms with van der Waals surface area (Å²) in [5.74, 6) is 0.741. The first-order chi connectivity index (χ1) is 10.8. The molecular formula is C16H10N6. The summed E-state index contributed by atoms with van der Waals surface area (Å²) in [5.41, 5.74) is 3.36. The maximum atomic E-state index is 8.70. The van der Waals surface area contributed by atoms with Crippen molar-refractivity contribution in [1.29, 1.82) is 10.5 Å². The van der Waals surface area contributed by atoms with E-state index in [9.17, 15) is 0 Å². The number of aromatic amines is 1. The molecule has 0 saturated heterocycles. The van der Waals surface area contributed by atoms with E-state index in [0.29, 0.717) is 0 Å². The van der Waals surface area contributed by atoms with E-state index in [1.54, 1.807) is 24.5 Å². The number of H-pyrrole nitrogens is 1. The maximum Gasteiger partial charge on any atom is 0.145 e. The minimum atomic E-state index is 0.0146. The minimum absolute atomic E-state index is 0.0146. The Kier molecular flexibility index (Phi) is 3.51. The molecular weight excluding hydrogens is 276 g/mol. The van der Waals surface area contributed by atoms with Gasteiger partial charge in [0.2, 0.25) is 0 Å². The van der Waals surface area contributed by atoms with E-state index in [1.165, 1.54) is 6.20 Å². The third-order valence-corrected chi connectivity index (χ3v) is 3.04. The number of rotatable bonds is 3. The van der Waals surface area contributed by atoms with Crippen molar-refractivity contribution in [3.05, 3.63) is 54.5 Å². The highest BCUT2D eigenvalue weighted by atomic mass is 14.9. The van der Waals surface area contributed by atoms with Gasteiger partial charge in [-0.3, -0.25) is 4.98 Å². The second-order valence-electron chi connectivity index (χ2n) is 4.48. The molecule has 6 heteroatoms. The maximum absolute atomic E-state index is 8.70. The van der Waals surface area contributed by atoms with Crippen molar-refractivity contribution < 1.29 is 0 Å². The predicted octanol–water partition coefficient (Wildman–Crippen LogP) is 2.97. The summed E-state index contributed by atoms with van der Waals surface area (Å²) in [6.07, 6.45) is 4.83. The van der Waals surface area contributed by atoms with Crippen LogP contribution in [0.15, 0.2) is 54.5 Å². The van der Waals surface area contributed by atoms with Crippen LogP contribution in [0.5, 0.6) is 0 Å². The van der Waals surface area contributed by atoms with Crippen LogP contribution >= 0.6 is 0 Å². The smallest absolute Gasteiger partial charge is 0.145 e. The molecule has 1 aromatic carbocycles. The largest absolute Gasteiger partial charge is 0.360 e. The van der Waals surface area contributed by atoms with Crippen molar-refractivity contribution in [2.24, 2.45) is 0 Å². The van der Waals surface area contributed by atoms with Gasteiger partial charge < -0.3 is 10.3 Å². The molecule has 104 valence electrons. The Morgan fingerprint density at radius 2 is 2.09 bits per heavy atom. The van der Waals surface area contributed by atoms with Gasteiger partial charge in [0, 0.05) is 29.8 Å². The molecule has 0 aliphatic heterocycles. The van der Waals surface area contributed by atoms with Crippen LogP contribution in [0.4, 0.5) is 5.69 Å². The summed E-state index contributed by atoms with van der Waals surface area (Å²) < 4.78 is 0. The van der Waals surface area contributed by atoms with Crippen molar-refractivity contribution in [3.63, 3.8) is 0 Å². The van der Waals surface area contributed by atoms with Gasteiger partial charge in [-0.2, -0.15) is 10.5 Å². The fourth-order valence-corrected chi connectivity index (χ4v) is 1.98. The molecule has 0 amide bonds. The number of nitriles is 2. The van der Waals surface area contributed by atoms with Crippen LogP contribution in [0.1, 0.15) is 0 Å². The monoisotopic (exact) mass is 286 g/mol. The average molecular weight is 286 g/mol. The van der Waals surface area contributed by atoms with Crippen molar-refractivity contribution in [3.8, 4) is 23.5 Å². The molecule has 6 nitrogen and oxygen atoms in total. The van der Waals surface area contributed by atoms with Gasteiger partial charge >= 0.3 is 0 Å². The summed E-state index contributed by atoms with van der Waals surface area (Å²) in [5, 5.41) is 20.3. The van der Waals surface area contributed by atoms with Crippen LogP contribution < -0.4 is 5.32 Å². The molecule has 0 aliphatic carbocycles. The number of pyridine rings is 1. The first-order valence-electron chi connectivity index (χ1n) is 6.47. The topological polar surface area (TPSA) is 101 Å². The molecule has 22 heavy (non-hydrogen) atoms. The van der Waals surface area contributed by atoms with Crippen LogP contribution in [0.25, 0.3) is 22.4 Å². The molecule has 3 rings (SSSR count). The Morgan fingerprint density at radius 1 is 1.23 bits per heavy atom. The highest BCUT2D eigenvalue weighted by molar-refractivity contribution is 5.82. The number of hydrogen-bond donors (Lipinski definition) is 2. The molecule has 0 bridgehead atoms. The Balaban J connectivity index is 1.93. The summed E-state index contributed by atoms with van der Waals surface area (Å²) in [6, 6.07) is 12.9. The number of anilines is 1. The van der Waals surface area contributed by atoms with Crippen molar-refractivity contribution in [2.75, 3.05) is 5.32 Å². The number of aromatic nitrogens is 3. The average Bonchev–Trinajstić information content (AvgIpc) is 3.00. The predicted molar refractivity (Wildman–Crippen MR) is 82.3 cm³/mol. The summed E-state index contributed by atoms with van der Waals surface area (Å²) >= 11 is 0. The third kappa shape index (κ3) is 2.62. The second-order valence-corrected chi connectivity index (χ2v) is 4.48. The Hall–Kier alpha value is -3.64. The van der Waals surface area contributed by atoms with E-state index in [2.05, 4.69) is 20.3 Å². The molecule has 2 aromatic heterocycles. The molecule has 2 N–H and O–H groups in total. The molecule has 0 spiro atoms. The van der Waals surface area contributed by atoms with Crippen LogP contribution in [0, 0.1) is 22.7 Å². The fraction of sp³-hybridized carbons (Fsp3) is 0. The normalized spacial score (nSPS) is 9.73. The molecule has 3 aromatic rings. The number of nitrogens with zero attached hydrogens (tertiary/aromatic N) is 4. The van der Waals surface area contributed by atoms with Gasteiger partial charge in [0.1, 0.15) is 23.5 Å². The molecule has 0 atom stereocenters. The van der Waals surface area contributed by atoms with Gasteiger partial charge in [-0.05, 0) is 30.3 Å². The van der Waals surface area contributed by atoms with Crippen molar-refractivity contribution in [2.45, 2.75) is 0 Å². The van der Waals surface area contributed by atoms with Gasteiger partial charge in [0.15, 0.2) is 0 Å². The van der Waals surface area contributed by atoms with Crippen LogP contribution in [0.3, 0.4) is 0 Å². The zero-order valence-electron chi connectivity index (χ0n) is 11.4. The van der Waals surface area contributed by atoms with E-state index >= 15 is 0 Å². The lowest BCUT2D eigenvalue weighted by atomic mass is 10.2. The molecule has 0 radical (unpaired) electrons. The number of fused-ring (bicyclic) bond motifs is 1. The standard InChI is InChI=1S/C16H10N6/c17-7-11(8-18)9-20-13-3-4-14-15(6-13)22-16(21-14)12-2-1-5-19-10-12/h1-6,9-10,20H,(H,21,22). The number of nitrogens with one attached hydrogen (secondary N) is 2. The summed E-state index contributed by atoms with van der Waals surface area (Å²) in [7, 11) is 0. The number of benzene rings is 1. The molecule has 0 unspecified atom stereocenters. The number of hydrogen-bond acceptors (Lipinski definition) is 5. The van der Waals surface area contributed by atoms with Crippen LogP contribution in [-0.4, -0.2) is 15.0 Å². The molecule has 0 saturated carbocycles. The van der Waals surface area contributed by atoms with Gasteiger partial charge in [-0.25, -0.2) is 4.98 Å². The molecule has 2 heterocycles. The molecule has 0 fully saturated rings. The summed E-state index contributed by atoms with van der Waals surface area (Å²) in [6.45, 7) is 0. The number of imidazole rings is 1. The zero-order valence-corrected chi connectivity index (χ0v) is 11.4. The van der Waals surface area contributed by atoms with Crippen molar-refractivity contribution >= 4 is 16.7 Å². The zero-order chi connectivity index (χ0) is 15.4. The van der Waals surface area contributed by atoms with Gasteiger partial charge in [-0.1, -0.05) is 0 Å². The minimum Gasteiger partial charge on any atom is -0.360 e. The van der Waals surface area contributed by atoms with E-state index in [4.69, 9.17) is 10.5 Å². The van der Waals surface area contributed by atoms with Gasteiger partial charge in [-0.15, -0.1) is 0 Å².